The van der Waals surface area contributed by atoms with Crippen molar-refractivity contribution in [2.75, 3.05) is 12.4 Å². The summed E-state index contributed by atoms with van der Waals surface area (Å²) in [7, 11) is 1.64. The summed E-state index contributed by atoms with van der Waals surface area (Å²) < 4.78 is 5.12. The Bertz CT molecular complexity index is 631. The highest BCUT2D eigenvalue weighted by molar-refractivity contribution is 7.80. The second-order valence-electron chi connectivity index (χ2n) is 4.50. The molecule has 0 saturated carbocycles. The van der Waals surface area contributed by atoms with Gasteiger partial charge in [-0.1, -0.05) is 23.7 Å². The van der Waals surface area contributed by atoms with Crippen molar-refractivity contribution in [2.24, 2.45) is 0 Å². The monoisotopic (exact) mass is 321 g/mol. The Labute approximate surface area is 134 Å². The molecule has 4 nitrogen and oxygen atoms in total. The number of pyridine rings is 1. The van der Waals surface area contributed by atoms with Crippen molar-refractivity contribution in [1.82, 2.24) is 10.3 Å². The zero-order chi connectivity index (χ0) is 15.2. The third-order valence-electron chi connectivity index (χ3n) is 2.82. The number of anilines is 1. The highest BCUT2D eigenvalue weighted by Gasteiger charge is 2.04. The zero-order valence-electron chi connectivity index (χ0n) is 11.8. The summed E-state index contributed by atoms with van der Waals surface area (Å²) in [4.78, 5) is 4.21. The van der Waals surface area contributed by atoms with Crippen molar-refractivity contribution < 1.29 is 4.74 Å². The van der Waals surface area contributed by atoms with E-state index in [2.05, 4.69) is 15.6 Å². The van der Waals surface area contributed by atoms with Gasteiger partial charge in [-0.05, 0) is 48.5 Å². The lowest BCUT2D eigenvalue weighted by Gasteiger charge is -2.11. The number of hydrogen-bond acceptors (Lipinski definition) is 3. The Morgan fingerprint density at radius 1 is 1.33 bits per heavy atom. The Hall–Kier alpha value is -1.85. The lowest BCUT2D eigenvalue weighted by Crippen LogP contribution is -2.28. The summed E-state index contributed by atoms with van der Waals surface area (Å²) >= 11 is 11.3. The Morgan fingerprint density at radius 3 is 2.67 bits per heavy atom. The maximum absolute atomic E-state index is 6.10. The fourth-order valence-corrected chi connectivity index (χ4v) is 2.14. The van der Waals surface area contributed by atoms with Gasteiger partial charge in [-0.25, -0.2) is 4.98 Å². The average molecular weight is 322 g/mol. The van der Waals surface area contributed by atoms with Crippen molar-refractivity contribution in [1.29, 1.82) is 0 Å². The number of hydrogen-bond donors (Lipinski definition) is 2. The number of aryl methyl sites for hydroxylation is 1. The predicted molar refractivity (Wildman–Crippen MR) is 90.0 cm³/mol. The molecule has 6 heteroatoms. The molecular weight excluding hydrogens is 306 g/mol. The molecule has 1 aromatic carbocycles. The molecule has 0 aliphatic rings. The van der Waals surface area contributed by atoms with Gasteiger partial charge in [-0.15, -0.1) is 0 Å². The number of nitrogens with one attached hydrogen (secondary N) is 2. The fourth-order valence-electron chi connectivity index (χ4n) is 1.70. The summed E-state index contributed by atoms with van der Waals surface area (Å²) in [5.41, 5.74) is 2.10. The minimum atomic E-state index is 0.476. The first kappa shape index (κ1) is 15.5. The second kappa shape index (κ2) is 7.24. The van der Waals surface area contributed by atoms with Crippen LogP contribution in [-0.4, -0.2) is 17.2 Å². The van der Waals surface area contributed by atoms with Crippen molar-refractivity contribution >= 4 is 34.7 Å². The average Bonchev–Trinajstić information content (AvgIpc) is 2.48. The molecule has 2 N–H and O–H groups in total. The second-order valence-corrected chi connectivity index (χ2v) is 5.31. The summed E-state index contributed by atoms with van der Waals surface area (Å²) in [5, 5.41) is 7.11. The van der Waals surface area contributed by atoms with Gasteiger partial charge in [0, 0.05) is 12.7 Å². The van der Waals surface area contributed by atoms with Crippen LogP contribution in [0.1, 0.15) is 11.1 Å². The SMILES string of the molecule is COc1ccc(CNC(=S)Nc2ncc(C)cc2Cl)cc1. The van der Waals surface area contributed by atoms with E-state index in [9.17, 15) is 0 Å². The minimum Gasteiger partial charge on any atom is -0.497 e. The molecular formula is C15H16ClN3OS. The summed E-state index contributed by atoms with van der Waals surface area (Å²) in [6, 6.07) is 9.61. The molecule has 0 atom stereocenters. The number of rotatable bonds is 4. The van der Waals surface area contributed by atoms with Crippen LogP contribution < -0.4 is 15.4 Å². The van der Waals surface area contributed by atoms with E-state index in [1.165, 1.54) is 0 Å². The van der Waals surface area contributed by atoms with E-state index in [4.69, 9.17) is 28.6 Å². The molecule has 0 spiro atoms. The van der Waals surface area contributed by atoms with Crippen LogP contribution in [0, 0.1) is 6.92 Å². The Morgan fingerprint density at radius 2 is 2.05 bits per heavy atom. The van der Waals surface area contributed by atoms with Crippen molar-refractivity contribution in [3.63, 3.8) is 0 Å². The van der Waals surface area contributed by atoms with Gasteiger partial charge in [0.2, 0.25) is 0 Å². The van der Waals surface area contributed by atoms with Crippen LogP contribution in [0.3, 0.4) is 0 Å². The van der Waals surface area contributed by atoms with E-state index in [1.54, 1.807) is 13.3 Å². The van der Waals surface area contributed by atoms with Gasteiger partial charge in [0.05, 0.1) is 12.1 Å². The molecule has 21 heavy (non-hydrogen) atoms. The largest absolute Gasteiger partial charge is 0.497 e. The van der Waals surface area contributed by atoms with Crippen LogP contribution in [0.4, 0.5) is 5.82 Å². The van der Waals surface area contributed by atoms with E-state index < -0.39 is 0 Å². The fraction of sp³-hybridized carbons (Fsp3) is 0.200. The van der Waals surface area contributed by atoms with Crippen LogP contribution in [0.15, 0.2) is 36.5 Å². The zero-order valence-corrected chi connectivity index (χ0v) is 13.4. The minimum absolute atomic E-state index is 0.476. The normalized spacial score (nSPS) is 10.0. The molecule has 0 fully saturated rings. The number of aromatic nitrogens is 1. The predicted octanol–water partition coefficient (Wildman–Crippen LogP) is 3.54. The molecule has 0 aliphatic carbocycles. The molecule has 0 radical (unpaired) electrons. The van der Waals surface area contributed by atoms with E-state index in [0.29, 0.717) is 22.5 Å². The first-order chi connectivity index (χ1) is 10.1. The number of benzene rings is 1. The summed E-state index contributed by atoms with van der Waals surface area (Å²) in [6.45, 7) is 2.54. The van der Waals surface area contributed by atoms with Crippen LogP contribution in [0.25, 0.3) is 0 Å². The van der Waals surface area contributed by atoms with Gasteiger partial charge in [-0.3, -0.25) is 0 Å². The van der Waals surface area contributed by atoms with E-state index in [1.807, 2.05) is 37.3 Å². The Balaban J connectivity index is 1.89. The number of halogens is 1. The third kappa shape index (κ3) is 4.58. The number of ether oxygens (including phenoxy) is 1. The number of thiocarbonyl (C=S) groups is 1. The molecule has 0 aliphatic heterocycles. The lowest BCUT2D eigenvalue weighted by atomic mass is 10.2. The van der Waals surface area contributed by atoms with Crippen LogP contribution >= 0.6 is 23.8 Å². The number of methoxy groups -OCH3 is 1. The van der Waals surface area contributed by atoms with Crippen LogP contribution in [0.2, 0.25) is 5.02 Å². The van der Waals surface area contributed by atoms with Crippen LogP contribution in [-0.2, 0) is 6.54 Å². The smallest absolute Gasteiger partial charge is 0.172 e. The van der Waals surface area contributed by atoms with Crippen molar-refractivity contribution in [3.8, 4) is 5.75 Å². The molecule has 110 valence electrons. The molecule has 1 heterocycles. The van der Waals surface area contributed by atoms with E-state index >= 15 is 0 Å². The maximum atomic E-state index is 6.10. The van der Waals surface area contributed by atoms with E-state index in [-0.39, 0.29) is 0 Å². The topological polar surface area (TPSA) is 46.2 Å². The molecule has 0 saturated heterocycles. The van der Waals surface area contributed by atoms with Gasteiger partial charge in [0.15, 0.2) is 10.9 Å². The summed E-state index contributed by atoms with van der Waals surface area (Å²) in [5.74, 6) is 1.38. The van der Waals surface area contributed by atoms with Gasteiger partial charge in [-0.2, -0.15) is 0 Å². The molecule has 2 rings (SSSR count). The van der Waals surface area contributed by atoms with Crippen molar-refractivity contribution in [3.05, 3.63) is 52.7 Å². The highest BCUT2D eigenvalue weighted by Crippen LogP contribution is 2.19. The lowest BCUT2D eigenvalue weighted by molar-refractivity contribution is 0.414. The van der Waals surface area contributed by atoms with Gasteiger partial charge >= 0.3 is 0 Å². The first-order valence-corrected chi connectivity index (χ1v) is 7.17. The molecule has 2 aromatic rings. The van der Waals surface area contributed by atoms with Gasteiger partial charge in [0.25, 0.3) is 0 Å². The molecule has 0 unspecified atom stereocenters. The van der Waals surface area contributed by atoms with Crippen molar-refractivity contribution in [2.45, 2.75) is 13.5 Å². The van der Waals surface area contributed by atoms with Gasteiger partial charge in [0.1, 0.15) is 5.75 Å². The third-order valence-corrected chi connectivity index (χ3v) is 3.36. The molecule has 1 aromatic heterocycles. The Kier molecular flexibility index (Phi) is 5.36. The van der Waals surface area contributed by atoms with E-state index in [0.717, 1.165) is 16.9 Å². The standard InChI is InChI=1S/C15H16ClN3OS/c1-10-7-13(16)14(17-8-10)19-15(21)18-9-11-3-5-12(20-2)6-4-11/h3-8H,9H2,1-2H3,(H2,17,18,19,21). The molecule has 0 amide bonds. The molecule has 0 bridgehead atoms. The first-order valence-electron chi connectivity index (χ1n) is 6.38. The highest BCUT2D eigenvalue weighted by atomic mass is 35.5. The summed E-state index contributed by atoms with van der Waals surface area (Å²) in [6.07, 6.45) is 1.74. The van der Waals surface area contributed by atoms with Gasteiger partial charge < -0.3 is 15.4 Å². The maximum Gasteiger partial charge on any atom is 0.172 e. The van der Waals surface area contributed by atoms with Crippen LogP contribution in [0.5, 0.6) is 5.75 Å². The number of nitrogens with zero attached hydrogens (tertiary/aromatic N) is 1. The quantitative estimate of drug-likeness (QED) is 0.843.